The first-order valence-corrected chi connectivity index (χ1v) is 5.87. The molecule has 0 aliphatic heterocycles. The van der Waals surface area contributed by atoms with E-state index in [1.165, 1.54) is 5.56 Å². The van der Waals surface area contributed by atoms with Crippen LogP contribution in [-0.4, -0.2) is 29.0 Å². The molecule has 0 atom stereocenters. The summed E-state index contributed by atoms with van der Waals surface area (Å²) in [5.74, 6) is 0.951. The number of hydrogen-bond donors (Lipinski definition) is 1. The molecular weight excluding hydrogens is 250 g/mol. The minimum Gasteiger partial charge on any atom is -0.357 e. The summed E-state index contributed by atoms with van der Waals surface area (Å²) in [4.78, 5) is 14.2. The number of nitrogens with one attached hydrogen (secondary N) is 1. The van der Waals surface area contributed by atoms with Gasteiger partial charge in [0.15, 0.2) is 0 Å². The lowest BCUT2D eigenvalue weighted by Crippen LogP contribution is -2.14. The van der Waals surface area contributed by atoms with Gasteiger partial charge in [0.2, 0.25) is 17.2 Å². The van der Waals surface area contributed by atoms with Crippen molar-refractivity contribution in [1.29, 1.82) is 0 Å². The molecule has 2 rings (SSSR count). The highest BCUT2D eigenvalue weighted by Gasteiger charge is 2.10. The van der Waals surface area contributed by atoms with Crippen LogP contribution in [0.1, 0.15) is 5.56 Å². The number of halogens is 1. The standard InChI is InChI=1S/C12H14ClN5/c1-8-4-6-9(7-5-8)18(3)12-16-10(13)15-11(14-2)17-12/h4-7H,1-3H3,(H,14,15,16,17). The van der Waals surface area contributed by atoms with Gasteiger partial charge in [-0.1, -0.05) is 17.7 Å². The zero-order chi connectivity index (χ0) is 13.1. The molecular formula is C12H14ClN5. The lowest BCUT2D eigenvalue weighted by atomic mass is 10.2. The van der Waals surface area contributed by atoms with Crippen LogP contribution in [0.4, 0.5) is 17.6 Å². The molecule has 0 spiro atoms. The van der Waals surface area contributed by atoms with Crippen LogP contribution in [-0.2, 0) is 0 Å². The number of rotatable bonds is 3. The number of anilines is 3. The zero-order valence-corrected chi connectivity index (χ0v) is 11.2. The summed E-state index contributed by atoms with van der Waals surface area (Å²) in [6.07, 6.45) is 0. The second-order valence-corrected chi connectivity index (χ2v) is 4.21. The largest absolute Gasteiger partial charge is 0.357 e. The Morgan fingerprint density at radius 1 is 1.11 bits per heavy atom. The molecule has 0 aliphatic rings. The highest BCUT2D eigenvalue weighted by Crippen LogP contribution is 2.22. The van der Waals surface area contributed by atoms with E-state index in [1.54, 1.807) is 7.05 Å². The predicted octanol–water partition coefficient (Wildman–Crippen LogP) is 2.64. The second-order valence-electron chi connectivity index (χ2n) is 3.87. The van der Waals surface area contributed by atoms with E-state index in [9.17, 15) is 0 Å². The van der Waals surface area contributed by atoms with E-state index in [-0.39, 0.29) is 5.28 Å². The Hall–Kier alpha value is -1.88. The van der Waals surface area contributed by atoms with Crippen molar-refractivity contribution >= 4 is 29.2 Å². The van der Waals surface area contributed by atoms with Crippen molar-refractivity contribution in [3.05, 3.63) is 35.1 Å². The third-order valence-electron chi connectivity index (χ3n) is 2.54. The highest BCUT2D eigenvalue weighted by molar-refractivity contribution is 6.28. The normalized spacial score (nSPS) is 10.2. The molecule has 0 radical (unpaired) electrons. The Kier molecular flexibility index (Phi) is 3.62. The van der Waals surface area contributed by atoms with Gasteiger partial charge >= 0.3 is 0 Å². The van der Waals surface area contributed by atoms with Gasteiger partial charge < -0.3 is 10.2 Å². The Balaban J connectivity index is 2.35. The van der Waals surface area contributed by atoms with Gasteiger partial charge in [-0.3, -0.25) is 0 Å². The second kappa shape index (κ2) is 5.18. The smallest absolute Gasteiger partial charge is 0.235 e. The first-order chi connectivity index (χ1) is 8.60. The highest BCUT2D eigenvalue weighted by atomic mass is 35.5. The van der Waals surface area contributed by atoms with Crippen molar-refractivity contribution in [2.75, 3.05) is 24.3 Å². The van der Waals surface area contributed by atoms with Gasteiger partial charge in [-0.25, -0.2) is 0 Å². The number of benzene rings is 1. The van der Waals surface area contributed by atoms with Crippen molar-refractivity contribution in [2.45, 2.75) is 6.92 Å². The average Bonchev–Trinajstić information content (AvgIpc) is 2.38. The summed E-state index contributed by atoms with van der Waals surface area (Å²) in [7, 11) is 3.62. The van der Waals surface area contributed by atoms with Crippen LogP contribution in [0.5, 0.6) is 0 Å². The molecule has 18 heavy (non-hydrogen) atoms. The Morgan fingerprint density at radius 2 is 1.78 bits per heavy atom. The fourth-order valence-electron chi connectivity index (χ4n) is 1.49. The summed E-state index contributed by atoms with van der Waals surface area (Å²) >= 11 is 5.86. The lowest BCUT2D eigenvalue weighted by Gasteiger charge is -2.17. The van der Waals surface area contributed by atoms with Crippen LogP contribution in [0.25, 0.3) is 0 Å². The van der Waals surface area contributed by atoms with Crippen LogP contribution in [0.3, 0.4) is 0 Å². The van der Waals surface area contributed by atoms with Gasteiger partial charge in [0, 0.05) is 19.8 Å². The summed E-state index contributed by atoms with van der Waals surface area (Å²) in [5, 5.41) is 3.02. The van der Waals surface area contributed by atoms with Crippen molar-refractivity contribution in [3.63, 3.8) is 0 Å². The topological polar surface area (TPSA) is 53.9 Å². The first kappa shape index (κ1) is 12.6. The SMILES string of the molecule is CNc1nc(Cl)nc(N(C)c2ccc(C)cc2)n1. The van der Waals surface area contributed by atoms with Crippen LogP contribution < -0.4 is 10.2 Å². The predicted molar refractivity (Wildman–Crippen MR) is 73.6 cm³/mol. The molecule has 1 aromatic heterocycles. The molecule has 6 heteroatoms. The first-order valence-electron chi connectivity index (χ1n) is 5.50. The van der Waals surface area contributed by atoms with Crippen LogP contribution in [0, 0.1) is 6.92 Å². The van der Waals surface area contributed by atoms with Crippen LogP contribution >= 0.6 is 11.6 Å². The molecule has 1 aromatic carbocycles. The van der Waals surface area contributed by atoms with Gasteiger partial charge in [-0.05, 0) is 30.7 Å². The van der Waals surface area contributed by atoms with E-state index < -0.39 is 0 Å². The van der Waals surface area contributed by atoms with Gasteiger partial charge in [0.1, 0.15) is 0 Å². The third kappa shape index (κ3) is 2.68. The Labute approximate surface area is 111 Å². The van der Waals surface area contributed by atoms with E-state index >= 15 is 0 Å². The lowest BCUT2D eigenvalue weighted by molar-refractivity contribution is 0.987. The minimum absolute atomic E-state index is 0.170. The molecule has 0 saturated carbocycles. The summed E-state index contributed by atoms with van der Waals surface area (Å²) in [6.45, 7) is 2.04. The quantitative estimate of drug-likeness (QED) is 0.923. The molecule has 0 unspecified atom stereocenters. The average molecular weight is 264 g/mol. The van der Waals surface area contributed by atoms with Crippen LogP contribution in [0.15, 0.2) is 24.3 Å². The minimum atomic E-state index is 0.170. The van der Waals surface area contributed by atoms with Gasteiger partial charge in [0.05, 0.1) is 0 Å². The molecule has 0 fully saturated rings. The van der Waals surface area contributed by atoms with E-state index in [2.05, 4.69) is 20.3 Å². The molecule has 0 saturated heterocycles. The molecule has 1 heterocycles. The Bertz CT molecular complexity index is 541. The van der Waals surface area contributed by atoms with Crippen molar-refractivity contribution in [2.24, 2.45) is 0 Å². The van der Waals surface area contributed by atoms with E-state index in [4.69, 9.17) is 11.6 Å². The van der Waals surface area contributed by atoms with Gasteiger partial charge in [0.25, 0.3) is 0 Å². The maximum absolute atomic E-state index is 5.86. The monoisotopic (exact) mass is 263 g/mol. The summed E-state index contributed by atoms with van der Waals surface area (Å²) in [5.41, 5.74) is 2.20. The molecule has 2 aromatic rings. The maximum Gasteiger partial charge on any atom is 0.235 e. The molecule has 0 bridgehead atoms. The fourth-order valence-corrected chi connectivity index (χ4v) is 1.64. The molecule has 0 amide bonds. The molecule has 5 nitrogen and oxygen atoms in total. The summed E-state index contributed by atoms with van der Waals surface area (Å²) in [6, 6.07) is 8.08. The number of aryl methyl sites for hydroxylation is 1. The number of hydrogen-bond acceptors (Lipinski definition) is 5. The van der Waals surface area contributed by atoms with Crippen molar-refractivity contribution in [3.8, 4) is 0 Å². The molecule has 1 N–H and O–H groups in total. The zero-order valence-electron chi connectivity index (χ0n) is 10.5. The van der Waals surface area contributed by atoms with Gasteiger partial charge in [-0.15, -0.1) is 0 Å². The maximum atomic E-state index is 5.86. The Morgan fingerprint density at radius 3 is 2.39 bits per heavy atom. The van der Waals surface area contributed by atoms with Gasteiger partial charge in [-0.2, -0.15) is 15.0 Å². The molecule has 94 valence electrons. The van der Waals surface area contributed by atoms with Crippen molar-refractivity contribution < 1.29 is 0 Å². The van der Waals surface area contributed by atoms with Crippen molar-refractivity contribution in [1.82, 2.24) is 15.0 Å². The number of nitrogens with zero attached hydrogens (tertiary/aromatic N) is 4. The van der Waals surface area contributed by atoms with E-state index in [1.807, 2.05) is 43.1 Å². The van der Waals surface area contributed by atoms with Crippen LogP contribution in [0.2, 0.25) is 5.28 Å². The molecule has 0 aliphatic carbocycles. The van der Waals surface area contributed by atoms with E-state index in [0.717, 1.165) is 5.69 Å². The third-order valence-corrected chi connectivity index (χ3v) is 2.71. The van der Waals surface area contributed by atoms with E-state index in [0.29, 0.717) is 11.9 Å². The summed E-state index contributed by atoms with van der Waals surface area (Å²) < 4.78 is 0. The fraction of sp³-hybridized carbons (Fsp3) is 0.250. The number of aromatic nitrogens is 3.